The Bertz CT molecular complexity index is 629. The van der Waals surface area contributed by atoms with Gasteiger partial charge in [-0.05, 0) is 31.5 Å². The van der Waals surface area contributed by atoms with Gasteiger partial charge in [0.1, 0.15) is 0 Å². The molecule has 0 aromatic heterocycles. The molecule has 0 heterocycles. The summed E-state index contributed by atoms with van der Waals surface area (Å²) in [4.78, 5) is 0. The van der Waals surface area contributed by atoms with Gasteiger partial charge >= 0.3 is 0 Å². The molecule has 0 radical (unpaired) electrons. The number of ether oxygens (including phenoxy) is 2. The van der Waals surface area contributed by atoms with Crippen LogP contribution in [0.4, 0.5) is 4.39 Å². The first kappa shape index (κ1) is 19.7. The molecular weight excluding hydrogens is 327 g/mol. The van der Waals surface area contributed by atoms with Crippen molar-refractivity contribution in [2.24, 2.45) is 5.92 Å². The summed E-state index contributed by atoms with van der Waals surface area (Å²) >= 11 is 0. The molecule has 1 rings (SSSR count). The lowest BCUT2D eigenvalue weighted by molar-refractivity contribution is 0.0860. The van der Waals surface area contributed by atoms with Crippen molar-refractivity contribution in [3.8, 4) is 11.5 Å². The fourth-order valence-corrected chi connectivity index (χ4v) is 2.37. The summed E-state index contributed by atoms with van der Waals surface area (Å²) in [7, 11) is -2.24. The highest BCUT2D eigenvalue weighted by Gasteiger charge is 2.23. The zero-order valence-corrected chi connectivity index (χ0v) is 14.7. The maximum atomic E-state index is 14.2. The van der Waals surface area contributed by atoms with E-state index in [4.69, 9.17) is 9.47 Å². The lowest BCUT2D eigenvalue weighted by Gasteiger charge is -2.21. The van der Waals surface area contributed by atoms with Gasteiger partial charge in [-0.2, -0.15) is 8.42 Å². The van der Waals surface area contributed by atoms with E-state index in [1.807, 2.05) is 0 Å². The number of hydrogen-bond donors (Lipinski definition) is 1. The normalized spacial score (nSPS) is 14.6. The summed E-state index contributed by atoms with van der Waals surface area (Å²) in [5, 5.41) is 10.3. The van der Waals surface area contributed by atoms with Crippen molar-refractivity contribution in [3.63, 3.8) is 0 Å². The average Bonchev–Trinajstić information content (AvgIpc) is 2.44. The summed E-state index contributed by atoms with van der Waals surface area (Å²) in [6.45, 7) is 4.89. The average molecular weight is 350 g/mol. The molecule has 132 valence electrons. The second-order valence-electron chi connectivity index (χ2n) is 5.61. The zero-order valence-electron chi connectivity index (χ0n) is 13.9. The Balaban J connectivity index is 3.01. The smallest absolute Gasteiger partial charge is 0.264 e. The summed E-state index contributed by atoms with van der Waals surface area (Å²) in [5.74, 6) is -1.10. The van der Waals surface area contributed by atoms with E-state index >= 15 is 0 Å². The van der Waals surface area contributed by atoms with Crippen molar-refractivity contribution < 1.29 is 31.6 Å². The summed E-state index contributed by atoms with van der Waals surface area (Å²) < 4.78 is 51.3. The molecule has 0 amide bonds. The Morgan fingerprint density at radius 3 is 2.35 bits per heavy atom. The Kier molecular flexibility index (Phi) is 6.79. The highest BCUT2D eigenvalue weighted by Crippen LogP contribution is 2.36. The first-order chi connectivity index (χ1) is 10.5. The number of rotatable bonds is 8. The predicted octanol–water partition coefficient (Wildman–Crippen LogP) is 2.27. The zero-order chi connectivity index (χ0) is 17.8. The Morgan fingerprint density at radius 2 is 1.87 bits per heavy atom. The van der Waals surface area contributed by atoms with Crippen LogP contribution in [0.5, 0.6) is 11.5 Å². The fourth-order valence-electron chi connectivity index (χ4n) is 1.91. The summed E-state index contributed by atoms with van der Waals surface area (Å²) in [6, 6.07) is 2.60. The van der Waals surface area contributed by atoms with E-state index in [-0.39, 0.29) is 29.8 Å². The van der Waals surface area contributed by atoms with E-state index in [1.165, 1.54) is 13.2 Å². The molecule has 0 aliphatic carbocycles. The Labute approximate surface area is 136 Å². The van der Waals surface area contributed by atoms with Gasteiger partial charge in [0.2, 0.25) is 0 Å². The highest BCUT2D eigenvalue weighted by atomic mass is 32.2. The fraction of sp³-hybridized carbons (Fsp3) is 0.600. The van der Waals surface area contributed by atoms with E-state index in [9.17, 15) is 17.9 Å². The lowest BCUT2D eigenvalue weighted by atomic mass is 9.97. The molecule has 23 heavy (non-hydrogen) atoms. The van der Waals surface area contributed by atoms with E-state index < -0.39 is 28.0 Å². The predicted molar refractivity (Wildman–Crippen MR) is 83.6 cm³/mol. The van der Waals surface area contributed by atoms with Crippen LogP contribution in [0.15, 0.2) is 12.1 Å². The minimum Gasteiger partial charge on any atom is -0.493 e. The number of benzene rings is 1. The number of hydrogen-bond acceptors (Lipinski definition) is 6. The van der Waals surface area contributed by atoms with Gasteiger partial charge in [0.05, 0.1) is 32.2 Å². The molecule has 0 aliphatic heterocycles. The summed E-state index contributed by atoms with van der Waals surface area (Å²) in [6.07, 6.45) is -0.433. The van der Waals surface area contributed by atoms with Gasteiger partial charge in [-0.25, -0.2) is 4.39 Å². The third-order valence-electron chi connectivity index (χ3n) is 3.03. The first-order valence-corrected chi connectivity index (χ1v) is 8.93. The minimum absolute atomic E-state index is 0.0292. The standard InChI is InChI=1S/C15H23FO6S/c1-9(2)22-15-12(16)6-11(7-13(15)20-4)14(17)10(3)8-21-23(5,18)19/h6-7,9-10,14,17H,8H2,1-5H3/t10-,14+/m1/s1. The van der Waals surface area contributed by atoms with Gasteiger partial charge in [0.15, 0.2) is 17.3 Å². The van der Waals surface area contributed by atoms with E-state index in [0.717, 1.165) is 12.3 Å². The monoisotopic (exact) mass is 350 g/mol. The van der Waals surface area contributed by atoms with Crippen molar-refractivity contribution in [1.82, 2.24) is 0 Å². The van der Waals surface area contributed by atoms with Crippen LogP contribution in [0.25, 0.3) is 0 Å². The van der Waals surface area contributed by atoms with Crippen molar-refractivity contribution in [2.75, 3.05) is 20.0 Å². The van der Waals surface area contributed by atoms with Gasteiger partial charge in [-0.15, -0.1) is 0 Å². The number of halogens is 1. The second kappa shape index (κ2) is 7.94. The highest BCUT2D eigenvalue weighted by molar-refractivity contribution is 7.85. The quantitative estimate of drug-likeness (QED) is 0.724. The molecule has 1 N–H and O–H groups in total. The van der Waals surface area contributed by atoms with Crippen LogP contribution in [-0.4, -0.2) is 39.6 Å². The number of aliphatic hydroxyl groups is 1. The van der Waals surface area contributed by atoms with Gasteiger partial charge in [-0.1, -0.05) is 6.92 Å². The maximum Gasteiger partial charge on any atom is 0.264 e. The van der Waals surface area contributed by atoms with Crippen LogP contribution in [0, 0.1) is 11.7 Å². The van der Waals surface area contributed by atoms with Crippen molar-refractivity contribution in [2.45, 2.75) is 33.0 Å². The van der Waals surface area contributed by atoms with Gasteiger partial charge in [0, 0.05) is 5.92 Å². The topological polar surface area (TPSA) is 82.1 Å². The Hall–Kier alpha value is -1.38. The van der Waals surface area contributed by atoms with Crippen LogP contribution in [0.3, 0.4) is 0 Å². The van der Waals surface area contributed by atoms with Crippen LogP contribution >= 0.6 is 0 Å². The lowest BCUT2D eigenvalue weighted by Crippen LogP contribution is -2.18. The third kappa shape index (κ3) is 5.96. The van der Waals surface area contributed by atoms with Crippen LogP contribution < -0.4 is 9.47 Å². The first-order valence-electron chi connectivity index (χ1n) is 7.11. The molecule has 0 saturated heterocycles. The molecule has 8 heteroatoms. The van der Waals surface area contributed by atoms with E-state index in [1.54, 1.807) is 20.8 Å². The SMILES string of the molecule is COc1cc([C@@H](O)[C@H](C)COS(C)(=O)=O)cc(F)c1OC(C)C. The van der Waals surface area contributed by atoms with Gasteiger partial charge in [-0.3, -0.25) is 4.18 Å². The van der Waals surface area contributed by atoms with Crippen LogP contribution in [0.1, 0.15) is 32.4 Å². The van der Waals surface area contributed by atoms with Crippen molar-refractivity contribution >= 4 is 10.1 Å². The second-order valence-corrected chi connectivity index (χ2v) is 7.26. The largest absolute Gasteiger partial charge is 0.493 e. The molecule has 6 nitrogen and oxygen atoms in total. The summed E-state index contributed by atoms with van der Waals surface area (Å²) in [5.41, 5.74) is 0.250. The molecule has 2 atom stereocenters. The minimum atomic E-state index is -3.61. The van der Waals surface area contributed by atoms with Crippen LogP contribution in [0.2, 0.25) is 0 Å². The molecule has 0 saturated carbocycles. The molecule has 0 spiro atoms. The molecule has 1 aromatic carbocycles. The van der Waals surface area contributed by atoms with E-state index in [0.29, 0.717) is 0 Å². The van der Waals surface area contributed by atoms with Crippen molar-refractivity contribution in [3.05, 3.63) is 23.5 Å². The van der Waals surface area contributed by atoms with Gasteiger partial charge in [0.25, 0.3) is 10.1 Å². The van der Waals surface area contributed by atoms with Crippen molar-refractivity contribution in [1.29, 1.82) is 0 Å². The molecule has 0 aliphatic rings. The molecule has 0 unspecified atom stereocenters. The number of methoxy groups -OCH3 is 1. The van der Waals surface area contributed by atoms with Crippen LogP contribution in [-0.2, 0) is 14.3 Å². The molecule has 1 aromatic rings. The maximum absolute atomic E-state index is 14.2. The van der Waals surface area contributed by atoms with E-state index in [2.05, 4.69) is 4.18 Å². The van der Waals surface area contributed by atoms with Gasteiger partial charge < -0.3 is 14.6 Å². The molecule has 0 bridgehead atoms. The number of aliphatic hydroxyl groups excluding tert-OH is 1. The molecule has 0 fully saturated rings. The molecular formula is C15H23FO6S. The Morgan fingerprint density at radius 1 is 1.26 bits per heavy atom. The third-order valence-corrected chi connectivity index (χ3v) is 3.60.